The molecule has 19 heavy (non-hydrogen) atoms. The van der Waals surface area contributed by atoms with Gasteiger partial charge in [0.05, 0.1) is 18.2 Å². The Labute approximate surface area is 111 Å². The molecule has 0 saturated heterocycles. The van der Waals surface area contributed by atoms with Gasteiger partial charge in [-0.2, -0.15) is 5.26 Å². The highest BCUT2D eigenvalue weighted by Crippen LogP contribution is 2.24. The second-order valence-electron chi connectivity index (χ2n) is 4.27. The number of fused-ring (bicyclic) bond motifs is 1. The van der Waals surface area contributed by atoms with E-state index in [1.165, 1.54) is 0 Å². The molecule has 2 aromatic carbocycles. The van der Waals surface area contributed by atoms with Crippen molar-refractivity contribution in [3.8, 4) is 17.6 Å². The van der Waals surface area contributed by atoms with Crippen LogP contribution in [0.25, 0.3) is 0 Å². The molecule has 0 bridgehead atoms. The van der Waals surface area contributed by atoms with Crippen LogP contribution < -0.4 is 10.2 Å². The number of hydrogen-bond donors (Lipinski definition) is 1. The number of ether oxygens (including phenoxy) is 1. The predicted molar refractivity (Wildman–Crippen MR) is 70.1 cm³/mol. The minimum absolute atomic E-state index is 0.381. The van der Waals surface area contributed by atoms with E-state index in [1.54, 1.807) is 36.4 Å². The maximum absolute atomic E-state index is 9.53. The molecule has 3 rings (SSSR count). The molecule has 1 heterocycles. The van der Waals surface area contributed by atoms with Crippen molar-refractivity contribution in [2.75, 3.05) is 0 Å². The van der Waals surface area contributed by atoms with Crippen molar-refractivity contribution in [3.63, 3.8) is 0 Å². The van der Waals surface area contributed by atoms with Crippen LogP contribution in [0.2, 0.25) is 0 Å². The normalized spacial score (nSPS) is 12.9. The lowest BCUT2D eigenvalue weighted by atomic mass is 9.80. The van der Waals surface area contributed by atoms with Gasteiger partial charge in [0.15, 0.2) is 0 Å². The van der Waals surface area contributed by atoms with Crippen molar-refractivity contribution in [1.29, 1.82) is 5.26 Å². The van der Waals surface area contributed by atoms with Crippen LogP contribution in [-0.4, -0.2) is 12.1 Å². The average Bonchev–Trinajstić information content (AvgIpc) is 2.80. The molecule has 1 aliphatic rings. The van der Waals surface area contributed by atoms with Crippen LogP contribution in [0, 0.1) is 11.3 Å². The average molecular weight is 251 g/mol. The zero-order chi connectivity index (χ0) is 13.2. The summed E-state index contributed by atoms with van der Waals surface area (Å²) in [4.78, 5) is 0. The molecule has 0 spiro atoms. The van der Waals surface area contributed by atoms with Gasteiger partial charge in [0.2, 0.25) is 0 Å². The van der Waals surface area contributed by atoms with Crippen molar-refractivity contribution >= 4 is 12.6 Å². The summed E-state index contributed by atoms with van der Waals surface area (Å²) in [6.07, 6.45) is 0. The van der Waals surface area contributed by atoms with Crippen LogP contribution >= 0.6 is 0 Å². The Bertz CT molecular complexity index is 666. The number of nitriles is 1. The van der Waals surface area contributed by atoms with Gasteiger partial charge in [0, 0.05) is 0 Å². The van der Waals surface area contributed by atoms with Crippen LogP contribution in [0.4, 0.5) is 0 Å². The minimum Gasteiger partial charge on any atom is -0.457 e. The van der Waals surface area contributed by atoms with E-state index < -0.39 is 7.12 Å². The van der Waals surface area contributed by atoms with Gasteiger partial charge in [-0.1, -0.05) is 12.1 Å². The van der Waals surface area contributed by atoms with Gasteiger partial charge < -0.3 is 14.4 Å². The van der Waals surface area contributed by atoms with Crippen molar-refractivity contribution in [2.24, 2.45) is 0 Å². The topological polar surface area (TPSA) is 62.5 Å². The molecular formula is C14H10BNO3. The molecule has 0 aromatic heterocycles. The number of benzene rings is 2. The van der Waals surface area contributed by atoms with Gasteiger partial charge >= 0.3 is 7.12 Å². The predicted octanol–water partition coefficient (Wildman–Crippen LogP) is 1.57. The smallest absolute Gasteiger partial charge is 0.457 e. The third-order valence-electron chi connectivity index (χ3n) is 2.98. The van der Waals surface area contributed by atoms with Crippen LogP contribution in [-0.2, 0) is 11.3 Å². The summed E-state index contributed by atoms with van der Waals surface area (Å²) in [5.41, 5.74) is 2.25. The van der Waals surface area contributed by atoms with E-state index in [1.807, 2.05) is 6.07 Å². The lowest BCUT2D eigenvalue weighted by Gasteiger charge is -2.07. The molecule has 4 nitrogen and oxygen atoms in total. The van der Waals surface area contributed by atoms with E-state index in [4.69, 9.17) is 14.7 Å². The molecule has 92 valence electrons. The van der Waals surface area contributed by atoms with Crippen LogP contribution in [0.1, 0.15) is 11.1 Å². The molecule has 1 N–H and O–H groups in total. The van der Waals surface area contributed by atoms with E-state index in [-0.39, 0.29) is 0 Å². The first-order chi connectivity index (χ1) is 9.26. The fourth-order valence-electron chi connectivity index (χ4n) is 2.04. The van der Waals surface area contributed by atoms with Crippen LogP contribution in [0.3, 0.4) is 0 Å². The zero-order valence-electron chi connectivity index (χ0n) is 10.0. The second kappa shape index (κ2) is 4.77. The third-order valence-corrected chi connectivity index (χ3v) is 2.98. The zero-order valence-corrected chi connectivity index (χ0v) is 10.0. The lowest BCUT2D eigenvalue weighted by molar-refractivity contribution is 0.275. The fraction of sp³-hybridized carbons (Fsp3) is 0.0714. The van der Waals surface area contributed by atoms with E-state index in [0.29, 0.717) is 23.7 Å². The van der Waals surface area contributed by atoms with Gasteiger partial charge in [-0.05, 0) is 41.4 Å². The maximum Gasteiger partial charge on any atom is 0.491 e. The summed E-state index contributed by atoms with van der Waals surface area (Å²) < 4.78 is 10.8. The fourth-order valence-corrected chi connectivity index (χ4v) is 2.04. The Morgan fingerprint density at radius 2 is 2.05 bits per heavy atom. The van der Waals surface area contributed by atoms with Crippen molar-refractivity contribution in [2.45, 2.75) is 6.61 Å². The van der Waals surface area contributed by atoms with Gasteiger partial charge in [0.1, 0.15) is 11.5 Å². The Balaban J connectivity index is 1.86. The molecule has 1 aliphatic heterocycles. The maximum atomic E-state index is 9.53. The minimum atomic E-state index is -0.842. The SMILES string of the molecule is N#Cc1cccc(Oc2ccc3c(c2)COB3O)c1. The molecule has 0 radical (unpaired) electrons. The van der Waals surface area contributed by atoms with E-state index >= 15 is 0 Å². The quantitative estimate of drug-likeness (QED) is 0.823. The van der Waals surface area contributed by atoms with Crippen LogP contribution in [0.5, 0.6) is 11.5 Å². The largest absolute Gasteiger partial charge is 0.491 e. The van der Waals surface area contributed by atoms with E-state index in [0.717, 1.165) is 11.0 Å². The first-order valence-electron chi connectivity index (χ1n) is 5.87. The Morgan fingerprint density at radius 1 is 1.21 bits per heavy atom. The summed E-state index contributed by atoms with van der Waals surface area (Å²) in [7, 11) is -0.842. The second-order valence-corrected chi connectivity index (χ2v) is 4.27. The summed E-state index contributed by atoms with van der Waals surface area (Å²) in [5.74, 6) is 1.27. The number of hydrogen-bond acceptors (Lipinski definition) is 4. The Hall–Kier alpha value is -2.29. The van der Waals surface area contributed by atoms with Crippen molar-refractivity contribution in [1.82, 2.24) is 0 Å². The molecule has 0 atom stereocenters. The summed E-state index contributed by atoms with van der Waals surface area (Å²) in [6, 6.07) is 14.4. The highest BCUT2D eigenvalue weighted by molar-refractivity contribution is 6.61. The summed E-state index contributed by atoms with van der Waals surface area (Å²) in [5, 5.41) is 18.4. The lowest BCUT2D eigenvalue weighted by Crippen LogP contribution is -2.27. The highest BCUT2D eigenvalue weighted by atomic mass is 16.5. The number of nitrogens with zero attached hydrogens (tertiary/aromatic N) is 1. The Kier molecular flexibility index (Phi) is 2.96. The summed E-state index contributed by atoms with van der Waals surface area (Å²) >= 11 is 0. The van der Waals surface area contributed by atoms with Gasteiger partial charge in [-0.25, -0.2) is 0 Å². The molecule has 0 saturated carbocycles. The molecule has 5 heteroatoms. The van der Waals surface area contributed by atoms with Crippen LogP contribution in [0.15, 0.2) is 42.5 Å². The van der Waals surface area contributed by atoms with Gasteiger partial charge in [0.25, 0.3) is 0 Å². The van der Waals surface area contributed by atoms with E-state index in [2.05, 4.69) is 6.07 Å². The first-order valence-corrected chi connectivity index (χ1v) is 5.87. The highest BCUT2D eigenvalue weighted by Gasteiger charge is 2.27. The monoisotopic (exact) mass is 251 g/mol. The van der Waals surface area contributed by atoms with Crippen molar-refractivity contribution in [3.05, 3.63) is 53.6 Å². The molecular weight excluding hydrogens is 241 g/mol. The Morgan fingerprint density at radius 3 is 2.89 bits per heavy atom. The number of rotatable bonds is 2. The van der Waals surface area contributed by atoms with Crippen molar-refractivity contribution < 1.29 is 14.4 Å². The molecule has 0 aliphatic carbocycles. The van der Waals surface area contributed by atoms with E-state index in [9.17, 15) is 5.02 Å². The molecule has 0 amide bonds. The standard InChI is InChI=1S/C14H10BNO3/c16-8-10-2-1-3-12(6-10)19-13-4-5-14-11(7-13)9-18-15(14)17/h1-7,17H,9H2. The molecule has 0 unspecified atom stereocenters. The summed E-state index contributed by atoms with van der Waals surface area (Å²) in [6.45, 7) is 0.381. The first kappa shape index (κ1) is 11.8. The van der Waals surface area contributed by atoms with Gasteiger partial charge in [-0.15, -0.1) is 0 Å². The van der Waals surface area contributed by atoms with Gasteiger partial charge in [-0.3, -0.25) is 0 Å². The molecule has 2 aromatic rings. The third kappa shape index (κ3) is 2.32. The molecule has 0 fully saturated rings.